The molecule has 25 heavy (non-hydrogen) atoms. The Morgan fingerprint density at radius 1 is 1.28 bits per heavy atom. The Balaban J connectivity index is 1.91. The van der Waals surface area contributed by atoms with Gasteiger partial charge in [-0.3, -0.25) is 0 Å². The van der Waals surface area contributed by atoms with Crippen LogP contribution in [-0.4, -0.2) is 44.7 Å². The number of benzene rings is 1. The van der Waals surface area contributed by atoms with Gasteiger partial charge in [0.05, 0.1) is 6.26 Å². The summed E-state index contributed by atoms with van der Waals surface area (Å²) in [5, 5.41) is 3.54. The van der Waals surface area contributed by atoms with Crippen molar-refractivity contribution in [3.63, 3.8) is 0 Å². The first kappa shape index (κ1) is 19.7. The van der Waals surface area contributed by atoms with Crippen LogP contribution >= 0.6 is 0 Å². The van der Waals surface area contributed by atoms with E-state index in [1.807, 2.05) is 12.1 Å². The maximum atomic E-state index is 11.6. The average molecular weight is 365 g/mol. The van der Waals surface area contributed by atoms with Gasteiger partial charge >= 0.3 is 0 Å². The predicted octanol–water partition coefficient (Wildman–Crippen LogP) is 2.49. The first-order chi connectivity index (χ1) is 11.9. The maximum absolute atomic E-state index is 11.6. The lowest BCUT2D eigenvalue weighted by atomic mass is 10.0. The molecule has 0 amide bonds. The highest BCUT2D eigenvalue weighted by Crippen LogP contribution is 2.22. The summed E-state index contributed by atoms with van der Waals surface area (Å²) in [4.78, 5) is 0. The third-order valence-electron chi connectivity index (χ3n) is 4.36. The number of ether oxygens (including phenoxy) is 1. The Morgan fingerprint density at radius 3 is 2.60 bits per heavy atom. The molecule has 2 rings (SSSR count). The Labute approximate surface area is 151 Å². The highest BCUT2D eigenvalue weighted by atomic mass is 32.2. The third-order valence-corrected chi connectivity index (χ3v) is 5.67. The second kappa shape index (κ2) is 9.17. The van der Waals surface area contributed by atoms with Crippen molar-refractivity contribution < 1.29 is 13.2 Å². The van der Waals surface area contributed by atoms with Crippen LogP contribution in [0.25, 0.3) is 0 Å². The number of sulfonamides is 1. The highest BCUT2D eigenvalue weighted by Gasteiger charge is 2.24. The summed E-state index contributed by atoms with van der Waals surface area (Å²) in [6, 6.07) is 6.53. The lowest BCUT2D eigenvalue weighted by molar-refractivity contribution is 0.290. The summed E-state index contributed by atoms with van der Waals surface area (Å²) in [6.07, 6.45) is 7.31. The van der Waals surface area contributed by atoms with E-state index in [-0.39, 0.29) is 0 Å². The fourth-order valence-electron chi connectivity index (χ4n) is 3.00. The van der Waals surface area contributed by atoms with Crippen LogP contribution in [0.15, 0.2) is 43.5 Å². The molecule has 0 saturated carbocycles. The van der Waals surface area contributed by atoms with Gasteiger partial charge in [0.2, 0.25) is 10.0 Å². The molecule has 1 heterocycles. The molecular weight excluding hydrogens is 336 g/mol. The average Bonchev–Trinajstić information content (AvgIpc) is 2.59. The zero-order valence-electron chi connectivity index (χ0n) is 14.9. The quantitative estimate of drug-likeness (QED) is 0.684. The van der Waals surface area contributed by atoms with E-state index in [9.17, 15) is 8.42 Å². The van der Waals surface area contributed by atoms with Gasteiger partial charge in [0.15, 0.2) is 0 Å². The molecule has 0 atom stereocenters. The van der Waals surface area contributed by atoms with E-state index in [2.05, 4.69) is 30.6 Å². The molecule has 5 nitrogen and oxygen atoms in total. The zero-order valence-corrected chi connectivity index (χ0v) is 15.7. The topological polar surface area (TPSA) is 58.6 Å². The van der Waals surface area contributed by atoms with Crippen LogP contribution in [0.2, 0.25) is 0 Å². The van der Waals surface area contributed by atoms with Crippen molar-refractivity contribution in [1.29, 1.82) is 0 Å². The molecule has 0 aromatic heterocycles. The summed E-state index contributed by atoms with van der Waals surface area (Å²) in [5.41, 5.74) is 2.30. The number of nitrogens with zero attached hydrogens (tertiary/aromatic N) is 1. The van der Waals surface area contributed by atoms with Crippen LogP contribution < -0.4 is 10.1 Å². The predicted molar refractivity (Wildman–Crippen MR) is 102 cm³/mol. The van der Waals surface area contributed by atoms with Gasteiger partial charge in [-0.05, 0) is 36.5 Å². The first-order valence-electron chi connectivity index (χ1n) is 8.59. The molecule has 0 aliphatic carbocycles. The largest absolute Gasteiger partial charge is 0.489 e. The third kappa shape index (κ3) is 5.99. The van der Waals surface area contributed by atoms with Crippen molar-refractivity contribution in [3.05, 3.63) is 54.6 Å². The lowest BCUT2D eigenvalue weighted by Crippen LogP contribution is -2.44. The minimum Gasteiger partial charge on any atom is -0.489 e. The fourth-order valence-corrected chi connectivity index (χ4v) is 3.88. The van der Waals surface area contributed by atoms with Gasteiger partial charge in [0.25, 0.3) is 0 Å². The molecule has 1 N–H and O–H groups in total. The summed E-state index contributed by atoms with van der Waals surface area (Å²) in [5.74, 6) is 0.866. The summed E-state index contributed by atoms with van der Waals surface area (Å²) in [7, 11) is -3.07. The minimum atomic E-state index is -3.07. The monoisotopic (exact) mass is 364 g/mol. The summed E-state index contributed by atoms with van der Waals surface area (Å²) < 4.78 is 30.4. The second-order valence-corrected chi connectivity index (χ2v) is 8.33. The zero-order chi connectivity index (χ0) is 18.3. The van der Waals surface area contributed by atoms with Crippen LogP contribution in [0, 0.1) is 0 Å². The number of allylic oxidation sites excluding steroid dienone is 1. The minimum absolute atomic E-state index is 0.345. The molecule has 1 aliphatic heterocycles. The lowest BCUT2D eigenvalue weighted by Gasteiger charge is -2.30. The van der Waals surface area contributed by atoms with Gasteiger partial charge in [-0.2, -0.15) is 0 Å². The van der Waals surface area contributed by atoms with E-state index in [4.69, 9.17) is 4.74 Å². The van der Waals surface area contributed by atoms with Crippen molar-refractivity contribution in [2.24, 2.45) is 0 Å². The Kier molecular flexibility index (Phi) is 7.23. The molecule has 138 valence electrons. The molecular formula is C19H28N2O3S. The van der Waals surface area contributed by atoms with Crippen molar-refractivity contribution in [2.45, 2.75) is 31.8 Å². The standard InChI is InChI=1S/C19H28N2O3S/c1-4-6-17-14-16(7-8-19(17)24-13-5-2)15-20-18-9-11-21(12-10-18)25(3,22)23/h4-5,7-8,14,18,20H,1-2,6,9-13,15H2,3H3. The molecule has 0 radical (unpaired) electrons. The van der Waals surface area contributed by atoms with E-state index in [1.165, 1.54) is 11.8 Å². The molecule has 0 unspecified atom stereocenters. The molecule has 0 spiro atoms. The first-order valence-corrected chi connectivity index (χ1v) is 10.4. The van der Waals surface area contributed by atoms with Crippen molar-refractivity contribution >= 4 is 10.0 Å². The van der Waals surface area contributed by atoms with Crippen LogP contribution in [0.5, 0.6) is 5.75 Å². The van der Waals surface area contributed by atoms with Gasteiger partial charge in [-0.25, -0.2) is 12.7 Å². The number of hydrogen-bond donors (Lipinski definition) is 1. The van der Waals surface area contributed by atoms with Gasteiger partial charge in [-0.15, -0.1) is 6.58 Å². The van der Waals surface area contributed by atoms with E-state index in [0.29, 0.717) is 25.7 Å². The molecule has 1 aromatic carbocycles. The van der Waals surface area contributed by atoms with Crippen LogP contribution in [0.3, 0.4) is 0 Å². The molecule has 0 bridgehead atoms. The van der Waals surface area contributed by atoms with Gasteiger partial charge in [0.1, 0.15) is 12.4 Å². The smallest absolute Gasteiger partial charge is 0.211 e. The SMILES string of the molecule is C=CCOc1ccc(CNC2CCN(S(C)(=O)=O)CC2)cc1CC=C. The second-order valence-electron chi connectivity index (χ2n) is 6.35. The molecule has 1 saturated heterocycles. The Hall–Kier alpha value is -1.63. The van der Waals surface area contributed by atoms with E-state index in [0.717, 1.165) is 37.1 Å². The van der Waals surface area contributed by atoms with Gasteiger partial charge < -0.3 is 10.1 Å². The number of rotatable bonds is 9. The highest BCUT2D eigenvalue weighted by molar-refractivity contribution is 7.88. The number of piperidine rings is 1. The van der Waals surface area contributed by atoms with Crippen LogP contribution in [0.4, 0.5) is 0 Å². The Bertz CT molecular complexity index is 693. The molecule has 1 aliphatic rings. The van der Waals surface area contributed by atoms with Crippen molar-refractivity contribution in [1.82, 2.24) is 9.62 Å². The van der Waals surface area contributed by atoms with E-state index in [1.54, 1.807) is 10.4 Å². The van der Waals surface area contributed by atoms with Crippen LogP contribution in [-0.2, 0) is 23.0 Å². The van der Waals surface area contributed by atoms with E-state index >= 15 is 0 Å². The molecule has 6 heteroatoms. The van der Waals surface area contributed by atoms with Crippen molar-refractivity contribution in [3.8, 4) is 5.75 Å². The van der Waals surface area contributed by atoms with E-state index < -0.39 is 10.0 Å². The fraction of sp³-hybridized carbons (Fsp3) is 0.474. The van der Waals surface area contributed by atoms with Gasteiger partial charge in [-0.1, -0.05) is 30.9 Å². The van der Waals surface area contributed by atoms with Gasteiger partial charge in [0, 0.05) is 25.7 Å². The molecule has 1 aromatic rings. The maximum Gasteiger partial charge on any atom is 0.211 e. The van der Waals surface area contributed by atoms with Crippen molar-refractivity contribution in [2.75, 3.05) is 26.0 Å². The summed E-state index contributed by atoms with van der Waals surface area (Å²) >= 11 is 0. The number of hydrogen-bond acceptors (Lipinski definition) is 4. The number of nitrogens with one attached hydrogen (secondary N) is 1. The summed E-state index contributed by atoms with van der Waals surface area (Å²) in [6.45, 7) is 9.91. The normalized spacial score (nSPS) is 16.5. The molecule has 1 fully saturated rings. The van der Waals surface area contributed by atoms with Crippen LogP contribution in [0.1, 0.15) is 24.0 Å². The Morgan fingerprint density at radius 2 is 2.00 bits per heavy atom.